The summed E-state index contributed by atoms with van der Waals surface area (Å²) in [5.74, 6) is 0.478. The first-order chi connectivity index (χ1) is 8.87. The molecule has 1 aliphatic heterocycles. The molecule has 1 aromatic rings. The number of nitrogens with zero attached hydrogens (tertiary/aromatic N) is 4. The van der Waals surface area contributed by atoms with Gasteiger partial charge in [0.1, 0.15) is 12.0 Å². The van der Waals surface area contributed by atoms with Gasteiger partial charge in [0.05, 0.1) is 6.54 Å². The van der Waals surface area contributed by atoms with Crippen LogP contribution in [0.1, 0.15) is 0 Å². The molecular weight excluding hydrogens is 283 g/mol. The third kappa shape index (κ3) is 3.60. The Morgan fingerprint density at radius 2 is 1.84 bits per heavy atom. The fourth-order valence-corrected chi connectivity index (χ4v) is 2.12. The quantitative estimate of drug-likeness (QED) is 0.836. The minimum absolute atomic E-state index is 0.155. The zero-order valence-corrected chi connectivity index (χ0v) is 10.7. The number of hydrogen-bond acceptors (Lipinski definition) is 5. The van der Waals surface area contributed by atoms with E-state index in [1.807, 2.05) is 4.90 Å². The minimum Gasteiger partial charge on any atom is -0.393 e. The van der Waals surface area contributed by atoms with Crippen LogP contribution in [0.4, 0.5) is 24.7 Å². The molecule has 0 atom stereocenters. The van der Waals surface area contributed by atoms with Gasteiger partial charge in [0.25, 0.3) is 0 Å². The van der Waals surface area contributed by atoms with E-state index in [4.69, 9.17) is 17.3 Å². The second kappa shape index (κ2) is 5.38. The molecule has 19 heavy (non-hydrogen) atoms. The van der Waals surface area contributed by atoms with Gasteiger partial charge >= 0.3 is 6.18 Å². The van der Waals surface area contributed by atoms with E-state index < -0.39 is 12.7 Å². The first-order valence-electron chi connectivity index (χ1n) is 5.67. The second-order valence-corrected chi connectivity index (χ2v) is 4.64. The highest BCUT2D eigenvalue weighted by Gasteiger charge is 2.32. The van der Waals surface area contributed by atoms with E-state index in [1.165, 1.54) is 11.2 Å². The van der Waals surface area contributed by atoms with E-state index in [0.717, 1.165) is 0 Å². The second-order valence-electron chi connectivity index (χ2n) is 4.28. The minimum atomic E-state index is -4.17. The smallest absolute Gasteiger partial charge is 0.393 e. The number of alkyl halides is 3. The van der Waals surface area contributed by atoms with Gasteiger partial charge in [-0.2, -0.15) is 13.2 Å². The van der Waals surface area contributed by atoms with Gasteiger partial charge in [-0.15, -0.1) is 0 Å². The zero-order valence-electron chi connectivity index (χ0n) is 9.99. The number of nitrogen functional groups attached to an aromatic ring is 1. The van der Waals surface area contributed by atoms with Crippen LogP contribution in [0.25, 0.3) is 0 Å². The topological polar surface area (TPSA) is 58.3 Å². The molecule has 1 aliphatic rings. The van der Waals surface area contributed by atoms with Crippen molar-refractivity contribution in [3.05, 3.63) is 11.5 Å². The molecule has 1 saturated heterocycles. The van der Waals surface area contributed by atoms with Crippen molar-refractivity contribution in [3.8, 4) is 0 Å². The highest BCUT2D eigenvalue weighted by molar-refractivity contribution is 6.32. The van der Waals surface area contributed by atoms with Gasteiger partial charge in [-0.05, 0) is 0 Å². The van der Waals surface area contributed by atoms with Crippen LogP contribution in [0.2, 0.25) is 5.15 Å². The molecule has 0 spiro atoms. The summed E-state index contributed by atoms with van der Waals surface area (Å²) in [6.07, 6.45) is -2.88. The lowest BCUT2D eigenvalue weighted by atomic mass is 10.3. The molecule has 1 fully saturated rings. The van der Waals surface area contributed by atoms with Crippen molar-refractivity contribution in [3.63, 3.8) is 0 Å². The first-order valence-corrected chi connectivity index (χ1v) is 6.04. The molecule has 0 radical (unpaired) electrons. The van der Waals surface area contributed by atoms with Crippen LogP contribution in [-0.2, 0) is 0 Å². The molecular formula is C10H13ClF3N5. The Kier molecular flexibility index (Phi) is 4.00. The summed E-state index contributed by atoms with van der Waals surface area (Å²) in [4.78, 5) is 10.9. The number of halogens is 4. The fraction of sp³-hybridized carbons (Fsp3) is 0.600. The average molecular weight is 296 g/mol. The monoisotopic (exact) mass is 295 g/mol. The van der Waals surface area contributed by atoms with E-state index in [9.17, 15) is 13.2 Å². The van der Waals surface area contributed by atoms with Gasteiger partial charge in [-0.25, -0.2) is 9.97 Å². The Labute approximate surface area is 113 Å². The predicted octanol–water partition coefficient (Wildman–Crippen LogP) is 1.40. The Morgan fingerprint density at radius 1 is 1.21 bits per heavy atom. The molecule has 5 nitrogen and oxygen atoms in total. The van der Waals surface area contributed by atoms with Crippen molar-refractivity contribution < 1.29 is 13.2 Å². The Morgan fingerprint density at radius 3 is 2.42 bits per heavy atom. The Bertz CT molecular complexity index is 445. The summed E-state index contributed by atoms with van der Waals surface area (Å²) in [6.45, 7) is 0.573. The van der Waals surface area contributed by atoms with Crippen molar-refractivity contribution >= 4 is 23.1 Å². The van der Waals surface area contributed by atoms with Gasteiger partial charge < -0.3 is 10.6 Å². The van der Waals surface area contributed by atoms with Crippen LogP contribution >= 0.6 is 11.6 Å². The summed E-state index contributed by atoms with van der Waals surface area (Å²) in [7, 11) is 0. The molecule has 2 heterocycles. The summed E-state index contributed by atoms with van der Waals surface area (Å²) in [5, 5.41) is 0.155. The predicted molar refractivity (Wildman–Crippen MR) is 66.2 cm³/mol. The fourth-order valence-electron chi connectivity index (χ4n) is 1.99. The molecule has 0 amide bonds. The van der Waals surface area contributed by atoms with Gasteiger partial charge in [0, 0.05) is 26.2 Å². The molecule has 0 aromatic carbocycles. The largest absolute Gasteiger partial charge is 0.401 e. The van der Waals surface area contributed by atoms with E-state index in [2.05, 4.69) is 9.97 Å². The summed E-state index contributed by atoms with van der Waals surface area (Å²) in [6, 6.07) is 0. The lowest BCUT2D eigenvalue weighted by Gasteiger charge is -2.35. The van der Waals surface area contributed by atoms with E-state index in [-0.39, 0.29) is 10.8 Å². The molecule has 9 heteroatoms. The highest BCUT2D eigenvalue weighted by Crippen LogP contribution is 2.27. The normalized spacial score (nSPS) is 17.8. The van der Waals surface area contributed by atoms with Crippen molar-refractivity contribution in [1.82, 2.24) is 14.9 Å². The molecule has 106 valence electrons. The molecule has 0 saturated carbocycles. The lowest BCUT2D eigenvalue weighted by Crippen LogP contribution is -2.49. The maximum absolute atomic E-state index is 12.3. The SMILES string of the molecule is Nc1c(Cl)ncnc1N1CCN(CC(F)(F)F)CC1. The zero-order chi connectivity index (χ0) is 14.0. The van der Waals surface area contributed by atoms with E-state index >= 15 is 0 Å². The van der Waals surface area contributed by atoms with Crippen molar-refractivity contribution in [2.24, 2.45) is 0 Å². The molecule has 2 N–H and O–H groups in total. The Balaban J connectivity index is 1.98. The number of piperazine rings is 1. The van der Waals surface area contributed by atoms with E-state index in [1.54, 1.807) is 0 Å². The standard InChI is InChI=1S/C10H13ClF3N5/c11-8-7(15)9(17-6-16-8)19-3-1-18(2-4-19)5-10(12,13)14/h6H,1-5,15H2. The van der Waals surface area contributed by atoms with Gasteiger partial charge in [0.2, 0.25) is 0 Å². The highest BCUT2D eigenvalue weighted by atomic mass is 35.5. The molecule has 0 unspecified atom stereocenters. The number of aromatic nitrogens is 2. The maximum Gasteiger partial charge on any atom is 0.401 e. The number of rotatable bonds is 2. The summed E-state index contributed by atoms with van der Waals surface area (Å²) >= 11 is 5.79. The van der Waals surface area contributed by atoms with Crippen LogP contribution < -0.4 is 10.6 Å². The molecule has 1 aromatic heterocycles. The Hall–Kier alpha value is -1.28. The molecule has 2 rings (SSSR count). The molecule has 0 bridgehead atoms. The van der Waals surface area contributed by atoms with Crippen molar-refractivity contribution in [1.29, 1.82) is 0 Å². The maximum atomic E-state index is 12.3. The number of anilines is 2. The van der Waals surface area contributed by atoms with Crippen molar-refractivity contribution in [2.75, 3.05) is 43.4 Å². The number of nitrogens with two attached hydrogens (primary N) is 1. The molecule has 0 aliphatic carbocycles. The summed E-state index contributed by atoms with van der Waals surface area (Å²) < 4.78 is 36.8. The number of hydrogen-bond donors (Lipinski definition) is 1. The van der Waals surface area contributed by atoms with Crippen LogP contribution in [0.15, 0.2) is 6.33 Å². The van der Waals surface area contributed by atoms with E-state index in [0.29, 0.717) is 32.0 Å². The van der Waals surface area contributed by atoms with Crippen LogP contribution in [-0.4, -0.2) is 53.8 Å². The third-order valence-corrected chi connectivity index (χ3v) is 3.19. The van der Waals surface area contributed by atoms with Crippen LogP contribution in [0.3, 0.4) is 0 Å². The van der Waals surface area contributed by atoms with Gasteiger partial charge in [-0.1, -0.05) is 11.6 Å². The summed E-state index contributed by atoms with van der Waals surface area (Å²) in [5.41, 5.74) is 6.02. The van der Waals surface area contributed by atoms with Gasteiger partial charge in [0.15, 0.2) is 11.0 Å². The van der Waals surface area contributed by atoms with Crippen LogP contribution in [0.5, 0.6) is 0 Å². The van der Waals surface area contributed by atoms with Crippen molar-refractivity contribution in [2.45, 2.75) is 6.18 Å². The van der Waals surface area contributed by atoms with Gasteiger partial charge in [-0.3, -0.25) is 4.90 Å². The third-order valence-electron chi connectivity index (χ3n) is 2.89. The van der Waals surface area contributed by atoms with Crippen LogP contribution in [0, 0.1) is 0 Å². The first kappa shape index (κ1) is 14.1. The average Bonchev–Trinajstić information content (AvgIpc) is 2.32. The lowest BCUT2D eigenvalue weighted by molar-refractivity contribution is -0.146.